The minimum atomic E-state index is -0.581. The van der Waals surface area contributed by atoms with Crippen LogP contribution < -0.4 is 15.7 Å². The van der Waals surface area contributed by atoms with Gasteiger partial charge in [-0.1, -0.05) is 23.2 Å². The van der Waals surface area contributed by atoms with Gasteiger partial charge in [0.15, 0.2) is 5.75 Å². The zero-order chi connectivity index (χ0) is 19.6. The Morgan fingerprint density at radius 1 is 1.31 bits per heavy atom. The zero-order valence-electron chi connectivity index (χ0n) is 14.7. The standard InChI is InChI=1S/C17H19Cl2N3O4/c1-8-5-9(2)21-17(25)11(8)7-20-16(24)10-6-12(18)15(26-22(3)4)14(23)13(10)19/h5-6,23H,7H2,1-4H3,(H,20,24)(H,21,25). The smallest absolute Gasteiger partial charge is 0.253 e. The maximum absolute atomic E-state index is 12.4. The molecule has 0 fully saturated rings. The molecular formula is C17H19Cl2N3O4. The number of aryl methyl sites for hydroxylation is 2. The number of phenols is 1. The molecule has 0 aliphatic carbocycles. The van der Waals surface area contributed by atoms with Crippen LogP contribution >= 0.6 is 23.2 Å². The van der Waals surface area contributed by atoms with E-state index in [1.807, 2.05) is 6.07 Å². The molecule has 1 aromatic carbocycles. The molecule has 9 heteroatoms. The number of aromatic amines is 1. The van der Waals surface area contributed by atoms with Crippen molar-refractivity contribution in [3.63, 3.8) is 0 Å². The van der Waals surface area contributed by atoms with E-state index in [9.17, 15) is 14.7 Å². The SMILES string of the molecule is Cc1cc(C)c(CNC(=O)c2cc(Cl)c(ON(C)C)c(O)c2Cl)c(=O)[nH]1. The molecule has 0 aliphatic heterocycles. The number of amides is 1. The molecule has 26 heavy (non-hydrogen) atoms. The average molecular weight is 400 g/mol. The second-order valence-corrected chi connectivity index (χ2v) is 6.71. The number of aromatic nitrogens is 1. The number of hydrogen-bond donors (Lipinski definition) is 3. The van der Waals surface area contributed by atoms with E-state index in [4.69, 9.17) is 28.0 Å². The Balaban J connectivity index is 2.27. The topological polar surface area (TPSA) is 94.7 Å². The molecule has 140 valence electrons. The molecule has 2 rings (SSSR count). The second kappa shape index (κ2) is 7.99. The largest absolute Gasteiger partial charge is 0.503 e. The number of carbonyl (C=O) groups is 1. The maximum Gasteiger partial charge on any atom is 0.253 e. The molecule has 0 spiro atoms. The van der Waals surface area contributed by atoms with Crippen LogP contribution in [0.2, 0.25) is 10.0 Å². The fraction of sp³-hybridized carbons (Fsp3) is 0.294. The first-order valence-electron chi connectivity index (χ1n) is 7.65. The lowest BCUT2D eigenvalue weighted by molar-refractivity contribution is -0.00569. The highest BCUT2D eigenvalue weighted by molar-refractivity contribution is 6.38. The highest BCUT2D eigenvalue weighted by atomic mass is 35.5. The first-order chi connectivity index (χ1) is 12.1. The Kier molecular flexibility index (Phi) is 6.17. The average Bonchev–Trinajstić information content (AvgIpc) is 2.53. The zero-order valence-corrected chi connectivity index (χ0v) is 16.2. The highest BCUT2D eigenvalue weighted by Crippen LogP contribution is 2.42. The van der Waals surface area contributed by atoms with E-state index in [0.717, 1.165) is 11.3 Å². The maximum atomic E-state index is 12.4. The minimum absolute atomic E-state index is 0.00490. The molecule has 0 saturated heterocycles. The van der Waals surface area contributed by atoms with Crippen molar-refractivity contribution in [2.75, 3.05) is 14.1 Å². The number of phenolic OH excluding ortho intramolecular Hbond substituents is 1. The van der Waals surface area contributed by atoms with Crippen molar-refractivity contribution in [1.82, 2.24) is 15.4 Å². The van der Waals surface area contributed by atoms with Crippen LogP contribution in [0, 0.1) is 13.8 Å². The van der Waals surface area contributed by atoms with Crippen molar-refractivity contribution in [2.45, 2.75) is 20.4 Å². The van der Waals surface area contributed by atoms with Crippen LogP contribution in [-0.2, 0) is 6.54 Å². The van der Waals surface area contributed by atoms with Gasteiger partial charge in [-0.05, 0) is 31.5 Å². The van der Waals surface area contributed by atoms with Gasteiger partial charge < -0.3 is 20.2 Å². The van der Waals surface area contributed by atoms with Crippen LogP contribution in [0.5, 0.6) is 11.5 Å². The Morgan fingerprint density at radius 2 is 1.96 bits per heavy atom. The van der Waals surface area contributed by atoms with E-state index < -0.39 is 11.7 Å². The first kappa shape index (κ1) is 20.1. The summed E-state index contributed by atoms with van der Waals surface area (Å²) in [5.41, 5.74) is 1.63. The molecule has 3 N–H and O–H groups in total. The Bertz CT molecular complexity index is 910. The summed E-state index contributed by atoms with van der Waals surface area (Å²) in [5, 5.41) is 13.9. The van der Waals surface area contributed by atoms with Crippen molar-refractivity contribution in [3.05, 3.63) is 54.9 Å². The number of halogens is 2. The number of nitrogens with one attached hydrogen (secondary N) is 2. The molecule has 1 amide bonds. The Labute approximate surface area is 160 Å². The van der Waals surface area contributed by atoms with Gasteiger partial charge in [0.25, 0.3) is 11.5 Å². The van der Waals surface area contributed by atoms with Crippen LogP contribution in [0.15, 0.2) is 16.9 Å². The number of H-pyrrole nitrogens is 1. The monoisotopic (exact) mass is 399 g/mol. The van der Waals surface area contributed by atoms with E-state index in [1.54, 1.807) is 27.9 Å². The van der Waals surface area contributed by atoms with Crippen LogP contribution in [0.1, 0.15) is 27.2 Å². The van der Waals surface area contributed by atoms with Crippen molar-refractivity contribution in [2.24, 2.45) is 0 Å². The lowest BCUT2D eigenvalue weighted by atomic mass is 10.1. The third-order valence-corrected chi connectivity index (χ3v) is 4.25. The fourth-order valence-corrected chi connectivity index (χ4v) is 2.86. The number of carbonyl (C=O) groups excluding carboxylic acids is 1. The summed E-state index contributed by atoms with van der Waals surface area (Å²) in [6, 6.07) is 3.11. The molecule has 0 radical (unpaired) electrons. The Hall–Kier alpha value is -2.22. The molecule has 0 bridgehead atoms. The molecule has 0 saturated carbocycles. The number of aromatic hydroxyl groups is 1. The number of benzene rings is 1. The van der Waals surface area contributed by atoms with E-state index in [-0.39, 0.29) is 33.5 Å². The second-order valence-electron chi connectivity index (χ2n) is 5.93. The van der Waals surface area contributed by atoms with Gasteiger partial charge in [-0.25, -0.2) is 0 Å². The van der Waals surface area contributed by atoms with Crippen LogP contribution in [0.25, 0.3) is 0 Å². The van der Waals surface area contributed by atoms with Gasteiger partial charge in [0.1, 0.15) is 0 Å². The Morgan fingerprint density at radius 3 is 2.54 bits per heavy atom. The summed E-state index contributed by atoms with van der Waals surface area (Å²) in [4.78, 5) is 32.4. The van der Waals surface area contributed by atoms with E-state index in [1.165, 1.54) is 11.1 Å². The van der Waals surface area contributed by atoms with Crippen molar-refractivity contribution in [3.8, 4) is 11.5 Å². The predicted molar refractivity (Wildman–Crippen MR) is 100 cm³/mol. The van der Waals surface area contributed by atoms with E-state index in [0.29, 0.717) is 5.56 Å². The van der Waals surface area contributed by atoms with Crippen molar-refractivity contribution in [1.29, 1.82) is 0 Å². The van der Waals surface area contributed by atoms with Crippen LogP contribution in [0.3, 0.4) is 0 Å². The van der Waals surface area contributed by atoms with Crippen LogP contribution in [0.4, 0.5) is 0 Å². The molecular weight excluding hydrogens is 381 g/mol. The molecule has 1 heterocycles. The normalized spacial score (nSPS) is 10.9. The molecule has 0 aliphatic rings. The van der Waals surface area contributed by atoms with Gasteiger partial charge in [0.05, 0.1) is 15.6 Å². The number of nitrogens with zero attached hydrogens (tertiary/aromatic N) is 1. The highest BCUT2D eigenvalue weighted by Gasteiger charge is 2.22. The number of rotatable bonds is 5. The van der Waals surface area contributed by atoms with Gasteiger partial charge in [0, 0.05) is 31.9 Å². The predicted octanol–water partition coefficient (Wildman–Crippen LogP) is 2.79. The summed E-state index contributed by atoms with van der Waals surface area (Å²) < 4.78 is 0. The molecule has 7 nitrogen and oxygen atoms in total. The van der Waals surface area contributed by atoms with Gasteiger partial charge in [0.2, 0.25) is 5.75 Å². The van der Waals surface area contributed by atoms with E-state index in [2.05, 4.69) is 10.3 Å². The molecule has 0 atom stereocenters. The first-order valence-corrected chi connectivity index (χ1v) is 8.41. The third-order valence-electron chi connectivity index (χ3n) is 3.59. The minimum Gasteiger partial charge on any atom is -0.503 e. The summed E-state index contributed by atoms with van der Waals surface area (Å²) in [5.74, 6) is -1.07. The van der Waals surface area contributed by atoms with Gasteiger partial charge >= 0.3 is 0 Å². The van der Waals surface area contributed by atoms with Gasteiger partial charge in [-0.15, -0.1) is 5.06 Å². The number of hydroxylamine groups is 2. The summed E-state index contributed by atoms with van der Waals surface area (Å²) in [7, 11) is 3.21. The summed E-state index contributed by atoms with van der Waals surface area (Å²) in [6.45, 7) is 3.57. The van der Waals surface area contributed by atoms with E-state index >= 15 is 0 Å². The molecule has 0 unspecified atom stereocenters. The summed E-state index contributed by atoms with van der Waals surface area (Å²) in [6.07, 6.45) is 0. The van der Waals surface area contributed by atoms with Gasteiger partial charge in [-0.3, -0.25) is 9.59 Å². The molecule has 1 aromatic heterocycles. The van der Waals surface area contributed by atoms with Crippen molar-refractivity contribution < 1.29 is 14.7 Å². The molecule has 2 aromatic rings. The number of pyridine rings is 1. The fourth-order valence-electron chi connectivity index (χ4n) is 2.40. The third kappa shape index (κ3) is 4.30. The van der Waals surface area contributed by atoms with Crippen LogP contribution in [-0.4, -0.2) is 35.2 Å². The lowest BCUT2D eigenvalue weighted by Gasteiger charge is -2.17. The summed E-state index contributed by atoms with van der Waals surface area (Å²) >= 11 is 12.2. The lowest BCUT2D eigenvalue weighted by Crippen LogP contribution is -2.28. The van der Waals surface area contributed by atoms with Gasteiger partial charge in [-0.2, -0.15) is 0 Å². The van der Waals surface area contributed by atoms with Crippen molar-refractivity contribution >= 4 is 29.1 Å². The quantitative estimate of drug-likeness (QED) is 0.671. The number of hydrogen-bond acceptors (Lipinski definition) is 5.